The van der Waals surface area contributed by atoms with E-state index in [-0.39, 0.29) is 11.3 Å². The summed E-state index contributed by atoms with van der Waals surface area (Å²) in [6, 6.07) is 8.23. The van der Waals surface area contributed by atoms with Gasteiger partial charge in [-0.1, -0.05) is 32.0 Å². The van der Waals surface area contributed by atoms with Crippen molar-refractivity contribution in [3.05, 3.63) is 35.1 Å². The standard InChI is InChI=1S/C14H17ClN4O/c1-3-9-20-14-18-12(15)17-13(19-14)16-11-8-6-5-7-10(11)4-2/h5-8H,3-4,9H2,1-2H3,(H,16,17,18,19). The molecule has 0 saturated heterocycles. The van der Waals surface area contributed by atoms with E-state index in [1.807, 2.05) is 25.1 Å². The Balaban J connectivity index is 2.22. The van der Waals surface area contributed by atoms with Crippen LogP contribution in [0.5, 0.6) is 6.01 Å². The van der Waals surface area contributed by atoms with Crippen LogP contribution in [0.3, 0.4) is 0 Å². The number of aromatic nitrogens is 3. The van der Waals surface area contributed by atoms with Crippen molar-refractivity contribution in [1.82, 2.24) is 15.0 Å². The number of rotatable bonds is 6. The van der Waals surface area contributed by atoms with Gasteiger partial charge in [0, 0.05) is 5.69 Å². The maximum absolute atomic E-state index is 5.89. The minimum absolute atomic E-state index is 0.114. The van der Waals surface area contributed by atoms with E-state index in [4.69, 9.17) is 16.3 Å². The van der Waals surface area contributed by atoms with Crippen LogP contribution in [-0.2, 0) is 6.42 Å². The lowest BCUT2D eigenvalue weighted by Crippen LogP contribution is -2.05. The van der Waals surface area contributed by atoms with Gasteiger partial charge in [0.05, 0.1) is 6.61 Å². The van der Waals surface area contributed by atoms with Crippen LogP contribution in [0.2, 0.25) is 5.28 Å². The van der Waals surface area contributed by atoms with Crippen molar-refractivity contribution >= 4 is 23.2 Å². The van der Waals surface area contributed by atoms with Crippen LogP contribution in [0.25, 0.3) is 0 Å². The van der Waals surface area contributed by atoms with E-state index in [2.05, 4.69) is 33.3 Å². The number of hydrogen-bond acceptors (Lipinski definition) is 5. The fourth-order valence-electron chi connectivity index (χ4n) is 1.72. The normalized spacial score (nSPS) is 10.3. The number of nitrogens with zero attached hydrogens (tertiary/aromatic N) is 3. The van der Waals surface area contributed by atoms with E-state index in [9.17, 15) is 0 Å². The number of anilines is 2. The molecule has 1 heterocycles. The third kappa shape index (κ3) is 3.81. The van der Waals surface area contributed by atoms with Crippen LogP contribution in [0.1, 0.15) is 25.8 Å². The number of nitrogens with one attached hydrogen (secondary N) is 1. The molecule has 0 amide bonds. The largest absolute Gasteiger partial charge is 0.463 e. The molecule has 0 fully saturated rings. The van der Waals surface area contributed by atoms with E-state index in [1.54, 1.807) is 0 Å². The Labute approximate surface area is 123 Å². The number of aryl methyl sites for hydroxylation is 1. The molecule has 1 aromatic heterocycles. The summed E-state index contributed by atoms with van der Waals surface area (Å²) in [7, 11) is 0. The zero-order chi connectivity index (χ0) is 14.4. The highest BCUT2D eigenvalue weighted by molar-refractivity contribution is 6.28. The van der Waals surface area contributed by atoms with Crippen LogP contribution < -0.4 is 10.1 Å². The van der Waals surface area contributed by atoms with Crippen LogP contribution in [-0.4, -0.2) is 21.6 Å². The average molecular weight is 293 g/mol. The van der Waals surface area contributed by atoms with Gasteiger partial charge in [0.15, 0.2) is 0 Å². The SMILES string of the molecule is CCCOc1nc(Cl)nc(Nc2ccccc2CC)n1. The smallest absolute Gasteiger partial charge is 0.322 e. The first-order chi connectivity index (χ1) is 9.72. The van der Waals surface area contributed by atoms with E-state index < -0.39 is 0 Å². The van der Waals surface area contributed by atoms with Crippen LogP contribution in [0, 0.1) is 0 Å². The summed E-state index contributed by atoms with van der Waals surface area (Å²) in [6.07, 6.45) is 1.80. The molecule has 0 aliphatic heterocycles. The molecule has 0 radical (unpaired) electrons. The maximum atomic E-state index is 5.89. The maximum Gasteiger partial charge on any atom is 0.322 e. The van der Waals surface area contributed by atoms with Crippen LogP contribution >= 0.6 is 11.6 Å². The molecule has 0 saturated carbocycles. The molecule has 2 rings (SSSR count). The third-order valence-corrected chi connectivity index (χ3v) is 2.84. The Kier molecular flexibility index (Phi) is 5.12. The topological polar surface area (TPSA) is 59.9 Å². The molecular weight excluding hydrogens is 276 g/mol. The van der Waals surface area contributed by atoms with Gasteiger partial charge in [0.2, 0.25) is 11.2 Å². The minimum Gasteiger partial charge on any atom is -0.463 e. The van der Waals surface area contributed by atoms with Crippen molar-refractivity contribution in [2.45, 2.75) is 26.7 Å². The lowest BCUT2D eigenvalue weighted by molar-refractivity contribution is 0.292. The van der Waals surface area contributed by atoms with Gasteiger partial charge < -0.3 is 10.1 Å². The monoisotopic (exact) mass is 292 g/mol. The Hall–Kier alpha value is -1.88. The molecule has 0 atom stereocenters. The quantitative estimate of drug-likeness (QED) is 0.881. The number of ether oxygens (including phenoxy) is 1. The highest BCUT2D eigenvalue weighted by Gasteiger charge is 2.08. The molecule has 1 N–H and O–H groups in total. The second-order valence-electron chi connectivity index (χ2n) is 4.19. The molecule has 106 valence electrons. The van der Waals surface area contributed by atoms with Gasteiger partial charge in [-0.15, -0.1) is 0 Å². The second-order valence-corrected chi connectivity index (χ2v) is 4.53. The molecule has 0 bridgehead atoms. The summed E-state index contributed by atoms with van der Waals surface area (Å²) in [6.45, 7) is 4.65. The zero-order valence-electron chi connectivity index (χ0n) is 11.6. The van der Waals surface area contributed by atoms with Crippen molar-refractivity contribution in [1.29, 1.82) is 0 Å². The van der Waals surface area contributed by atoms with E-state index in [1.165, 1.54) is 5.56 Å². The first-order valence-electron chi connectivity index (χ1n) is 6.62. The molecule has 0 unspecified atom stereocenters. The Bertz CT molecular complexity index is 577. The van der Waals surface area contributed by atoms with Crippen molar-refractivity contribution in [3.8, 4) is 6.01 Å². The zero-order valence-corrected chi connectivity index (χ0v) is 12.3. The molecule has 20 heavy (non-hydrogen) atoms. The van der Waals surface area contributed by atoms with Gasteiger partial charge in [-0.3, -0.25) is 0 Å². The van der Waals surface area contributed by atoms with Gasteiger partial charge in [0.1, 0.15) is 0 Å². The number of halogens is 1. The summed E-state index contributed by atoms with van der Waals surface area (Å²) < 4.78 is 5.38. The number of para-hydroxylation sites is 1. The summed E-state index contributed by atoms with van der Waals surface area (Å²) in [5.74, 6) is 0.386. The summed E-state index contributed by atoms with van der Waals surface area (Å²) >= 11 is 5.89. The molecule has 6 heteroatoms. The average Bonchev–Trinajstić information content (AvgIpc) is 2.45. The lowest BCUT2D eigenvalue weighted by atomic mass is 10.1. The van der Waals surface area contributed by atoms with Gasteiger partial charge in [-0.25, -0.2) is 0 Å². The summed E-state index contributed by atoms with van der Waals surface area (Å²) in [4.78, 5) is 12.2. The highest BCUT2D eigenvalue weighted by Crippen LogP contribution is 2.20. The van der Waals surface area contributed by atoms with Gasteiger partial charge in [-0.05, 0) is 36.1 Å². The minimum atomic E-state index is 0.114. The number of benzene rings is 1. The predicted octanol–water partition coefficient (Wildman–Crippen LogP) is 3.62. The summed E-state index contributed by atoms with van der Waals surface area (Å²) in [5, 5.41) is 3.27. The molecule has 2 aromatic rings. The van der Waals surface area contributed by atoms with E-state index in [0.717, 1.165) is 18.5 Å². The highest BCUT2D eigenvalue weighted by atomic mass is 35.5. The Morgan fingerprint density at radius 1 is 1.15 bits per heavy atom. The fourth-order valence-corrected chi connectivity index (χ4v) is 1.87. The van der Waals surface area contributed by atoms with E-state index >= 15 is 0 Å². The van der Waals surface area contributed by atoms with Gasteiger partial charge in [0.25, 0.3) is 0 Å². The van der Waals surface area contributed by atoms with E-state index in [0.29, 0.717) is 12.6 Å². The fraction of sp³-hybridized carbons (Fsp3) is 0.357. The first-order valence-corrected chi connectivity index (χ1v) is 7.00. The Morgan fingerprint density at radius 3 is 2.70 bits per heavy atom. The molecule has 0 spiro atoms. The van der Waals surface area contributed by atoms with Gasteiger partial charge >= 0.3 is 6.01 Å². The van der Waals surface area contributed by atoms with Crippen molar-refractivity contribution in [2.75, 3.05) is 11.9 Å². The van der Waals surface area contributed by atoms with Crippen molar-refractivity contribution in [3.63, 3.8) is 0 Å². The third-order valence-electron chi connectivity index (χ3n) is 2.67. The molecular formula is C14H17ClN4O. The summed E-state index contributed by atoms with van der Waals surface area (Å²) in [5.41, 5.74) is 2.14. The van der Waals surface area contributed by atoms with Crippen molar-refractivity contribution in [2.24, 2.45) is 0 Å². The van der Waals surface area contributed by atoms with Gasteiger partial charge in [-0.2, -0.15) is 15.0 Å². The number of hydrogen-bond donors (Lipinski definition) is 1. The predicted molar refractivity (Wildman–Crippen MR) is 79.7 cm³/mol. The molecule has 0 aliphatic rings. The molecule has 5 nitrogen and oxygen atoms in total. The Morgan fingerprint density at radius 2 is 1.95 bits per heavy atom. The second kappa shape index (κ2) is 7.05. The lowest BCUT2D eigenvalue weighted by Gasteiger charge is -2.10. The molecule has 1 aromatic carbocycles. The van der Waals surface area contributed by atoms with Crippen LogP contribution in [0.4, 0.5) is 11.6 Å². The van der Waals surface area contributed by atoms with Crippen LogP contribution in [0.15, 0.2) is 24.3 Å². The van der Waals surface area contributed by atoms with Crippen molar-refractivity contribution < 1.29 is 4.74 Å². The first kappa shape index (κ1) is 14.5. The molecule has 0 aliphatic carbocycles.